The molecule has 0 unspecified atom stereocenters. The molecule has 0 aromatic carbocycles. The highest BCUT2D eigenvalue weighted by molar-refractivity contribution is 6.05. The third-order valence-corrected chi connectivity index (χ3v) is 6.43. The van der Waals surface area contributed by atoms with Crippen molar-refractivity contribution in [3.63, 3.8) is 0 Å². The zero-order valence-electron chi connectivity index (χ0n) is 14.7. The number of aliphatic hydroxyl groups is 1. The van der Waals surface area contributed by atoms with E-state index in [2.05, 4.69) is 33.4 Å². The Morgan fingerprint density at radius 3 is 2.74 bits per heavy atom. The molecule has 1 fully saturated rings. The number of ketones is 1. The lowest BCUT2D eigenvalue weighted by molar-refractivity contribution is -0.117. The summed E-state index contributed by atoms with van der Waals surface area (Å²) in [5.74, 6) is 0.0461. The lowest BCUT2D eigenvalue weighted by Crippen LogP contribution is -2.41. The van der Waals surface area contributed by atoms with Gasteiger partial charge in [-0.2, -0.15) is 0 Å². The van der Waals surface area contributed by atoms with Crippen molar-refractivity contribution < 1.29 is 14.6 Å². The van der Waals surface area contributed by atoms with Crippen LogP contribution < -0.4 is 0 Å². The van der Waals surface area contributed by atoms with Crippen LogP contribution in [0.3, 0.4) is 0 Å². The SMILES string of the molecule is C=C1C2=C[C@@H](O)[C@H](C)[C@@]1(C)CC/C(C)=C/CC[C@]1(C)O[C@H]1C2=O. The lowest BCUT2D eigenvalue weighted by atomic mass is 9.61. The average Bonchev–Trinajstić information content (AvgIpc) is 3.17. The van der Waals surface area contributed by atoms with Crippen LogP contribution >= 0.6 is 0 Å². The quantitative estimate of drug-likeness (QED) is 0.547. The number of epoxide rings is 1. The van der Waals surface area contributed by atoms with Gasteiger partial charge in [0.25, 0.3) is 0 Å². The van der Waals surface area contributed by atoms with E-state index in [1.807, 2.05) is 6.92 Å². The predicted octanol–water partition coefficient (Wildman–Crippen LogP) is 3.73. The van der Waals surface area contributed by atoms with Gasteiger partial charge >= 0.3 is 0 Å². The van der Waals surface area contributed by atoms with Crippen LogP contribution in [-0.4, -0.2) is 28.7 Å². The van der Waals surface area contributed by atoms with Crippen molar-refractivity contribution in [1.82, 2.24) is 0 Å². The molecule has 5 atom stereocenters. The van der Waals surface area contributed by atoms with Crippen LogP contribution in [0.2, 0.25) is 0 Å². The van der Waals surface area contributed by atoms with E-state index < -0.39 is 6.10 Å². The van der Waals surface area contributed by atoms with E-state index in [-0.39, 0.29) is 28.8 Å². The molecule has 2 aliphatic carbocycles. The highest BCUT2D eigenvalue weighted by Crippen LogP contribution is 2.51. The van der Waals surface area contributed by atoms with E-state index in [4.69, 9.17) is 4.74 Å². The topological polar surface area (TPSA) is 49.8 Å². The predicted molar refractivity (Wildman–Crippen MR) is 91.0 cm³/mol. The smallest absolute Gasteiger partial charge is 0.194 e. The van der Waals surface area contributed by atoms with Gasteiger partial charge < -0.3 is 9.84 Å². The molecule has 0 amide bonds. The van der Waals surface area contributed by atoms with Crippen LogP contribution in [0.15, 0.2) is 35.5 Å². The number of allylic oxidation sites excluding steroid dienone is 3. The molecule has 1 N–H and O–H groups in total. The van der Waals surface area contributed by atoms with Crippen LogP contribution in [0, 0.1) is 11.3 Å². The molecule has 0 spiro atoms. The molecule has 3 nitrogen and oxygen atoms in total. The van der Waals surface area contributed by atoms with Crippen molar-refractivity contribution >= 4 is 5.78 Å². The van der Waals surface area contributed by atoms with Crippen LogP contribution in [0.4, 0.5) is 0 Å². The minimum atomic E-state index is -0.610. The maximum Gasteiger partial charge on any atom is 0.194 e. The molecule has 1 aliphatic heterocycles. The molecular weight excluding hydrogens is 288 g/mol. The van der Waals surface area contributed by atoms with Crippen molar-refractivity contribution in [2.75, 3.05) is 0 Å². The van der Waals surface area contributed by atoms with Crippen LogP contribution in [-0.2, 0) is 9.53 Å². The largest absolute Gasteiger partial charge is 0.389 e. The standard InChI is InChI=1S/C20H28O3/c1-12-7-6-9-20(5)18(23-20)17(22)15-11-16(21)14(3)19(4,10-8-12)13(15)2/h7,11,14,16,18,21H,2,6,8-10H2,1,3-5H3/b12-7+/t14-,16+,18-,19-,20-/m0/s1. The average molecular weight is 316 g/mol. The molecule has 0 saturated carbocycles. The third kappa shape index (κ3) is 2.64. The van der Waals surface area contributed by atoms with E-state index in [0.717, 1.165) is 31.3 Å². The van der Waals surface area contributed by atoms with Gasteiger partial charge in [-0.15, -0.1) is 0 Å². The minimum absolute atomic E-state index is 0.00375. The zero-order chi connectivity index (χ0) is 17.0. The summed E-state index contributed by atoms with van der Waals surface area (Å²) in [6, 6.07) is 0. The number of hydrogen-bond donors (Lipinski definition) is 1. The third-order valence-electron chi connectivity index (χ3n) is 6.43. The van der Waals surface area contributed by atoms with E-state index in [9.17, 15) is 9.90 Å². The van der Waals surface area contributed by atoms with Crippen molar-refractivity contribution in [2.45, 2.75) is 71.2 Å². The maximum absolute atomic E-state index is 12.9. The molecule has 3 rings (SSSR count). The van der Waals surface area contributed by atoms with Gasteiger partial charge in [-0.1, -0.05) is 32.1 Å². The van der Waals surface area contributed by atoms with Gasteiger partial charge in [-0.3, -0.25) is 4.79 Å². The number of Topliss-reactive ketones (excluding diaryl/α,β-unsaturated/α-hetero) is 1. The fourth-order valence-corrected chi connectivity index (χ4v) is 4.05. The number of rotatable bonds is 0. The summed E-state index contributed by atoms with van der Waals surface area (Å²) >= 11 is 0. The van der Waals surface area contributed by atoms with Crippen molar-refractivity contribution in [2.24, 2.45) is 11.3 Å². The molecule has 0 aromatic rings. The van der Waals surface area contributed by atoms with E-state index in [0.29, 0.717) is 5.57 Å². The van der Waals surface area contributed by atoms with Gasteiger partial charge in [0.15, 0.2) is 5.78 Å². The summed E-state index contributed by atoms with van der Waals surface area (Å²) < 4.78 is 5.76. The Morgan fingerprint density at radius 2 is 2.04 bits per heavy atom. The summed E-state index contributed by atoms with van der Waals surface area (Å²) in [4.78, 5) is 12.9. The van der Waals surface area contributed by atoms with Crippen LogP contribution in [0.1, 0.15) is 53.4 Å². The van der Waals surface area contributed by atoms with Crippen molar-refractivity contribution in [3.05, 3.63) is 35.5 Å². The van der Waals surface area contributed by atoms with E-state index in [1.54, 1.807) is 6.08 Å². The molecular formula is C20H28O3. The van der Waals surface area contributed by atoms with E-state index in [1.165, 1.54) is 5.57 Å². The summed E-state index contributed by atoms with van der Waals surface area (Å²) in [5.41, 5.74) is 2.20. The first-order valence-electron chi connectivity index (χ1n) is 8.66. The number of ether oxygens (including phenoxy) is 1. The first-order chi connectivity index (χ1) is 10.7. The Hall–Kier alpha value is -1.19. The second-order valence-electron chi connectivity index (χ2n) is 8.02. The lowest BCUT2D eigenvalue weighted by Gasteiger charge is -2.44. The minimum Gasteiger partial charge on any atom is -0.389 e. The molecule has 23 heavy (non-hydrogen) atoms. The normalized spacial score (nSPS) is 46.7. The fraction of sp³-hybridized carbons (Fsp3) is 0.650. The van der Waals surface area contributed by atoms with Gasteiger partial charge in [0.1, 0.15) is 11.7 Å². The molecule has 0 radical (unpaired) electrons. The second-order valence-corrected chi connectivity index (χ2v) is 8.02. The van der Waals surface area contributed by atoms with Crippen molar-refractivity contribution in [3.8, 4) is 0 Å². The number of carbonyl (C=O) groups is 1. The number of carbonyl (C=O) groups excluding carboxylic acids is 1. The number of hydrogen-bond acceptors (Lipinski definition) is 3. The molecule has 3 aliphatic rings. The van der Waals surface area contributed by atoms with Gasteiger partial charge in [-0.25, -0.2) is 0 Å². The Bertz CT molecular complexity index is 614. The Labute approximate surface area is 139 Å². The molecule has 1 saturated heterocycles. The number of fused-ring (bicyclic) bond motifs is 3. The van der Waals surface area contributed by atoms with Crippen molar-refractivity contribution in [1.29, 1.82) is 0 Å². The highest BCUT2D eigenvalue weighted by Gasteiger charge is 2.58. The summed E-state index contributed by atoms with van der Waals surface area (Å²) in [6.45, 7) is 12.6. The van der Waals surface area contributed by atoms with Gasteiger partial charge in [0, 0.05) is 5.57 Å². The van der Waals surface area contributed by atoms with Gasteiger partial charge in [0.2, 0.25) is 0 Å². The Balaban J connectivity index is 2.03. The Morgan fingerprint density at radius 1 is 1.35 bits per heavy atom. The Kier molecular flexibility index (Phi) is 3.93. The maximum atomic E-state index is 12.9. The van der Waals surface area contributed by atoms with Crippen LogP contribution in [0.25, 0.3) is 0 Å². The van der Waals surface area contributed by atoms with Gasteiger partial charge in [-0.05, 0) is 62.5 Å². The summed E-state index contributed by atoms with van der Waals surface area (Å²) in [6.07, 6.45) is 6.65. The molecule has 3 heteroatoms. The first kappa shape index (κ1) is 16.7. The second kappa shape index (κ2) is 5.42. The molecule has 126 valence electrons. The monoisotopic (exact) mass is 316 g/mol. The molecule has 1 heterocycles. The molecule has 2 bridgehead atoms. The fourth-order valence-electron chi connectivity index (χ4n) is 4.05. The highest BCUT2D eigenvalue weighted by atomic mass is 16.6. The van der Waals surface area contributed by atoms with E-state index >= 15 is 0 Å². The summed E-state index contributed by atoms with van der Waals surface area (Å²) in [5, 5.41) is 10.5. The van der Waals surface area contributed by atoms with Crippen LogP contribution in [0.5, 0.6) is 0 Å². The first-order valence-corrected chi connectivity index (χ1v) is 8.66. The van der Waals surface area contributed by atoms with Gasteiger partial charge in [0.05, 0.1) is 6.10 Å². The molecule has 0 aromatic heterocycles. The zero-order valence-corrected chi connectivity index (χ0v) is 14.7. The summed E-state index contributed by atoms with van der Waals surface area (Å²) in [7, 11) is 0. The number of aliphatic hydroxyl groups excluding tert-OH is 1.